The van der Waals surface area contributed by atoms with Crippen LogP contribution in [-0.2, 0) is 6.73 Å². The molecule has 5 nitrogen and oxygen atoms in total. The fraction of sp³-hybridized carbons (Fsp3) is 0.111. The lowest BCUT2D eigenvalue weighted by Crippen LogP contribution is -2.17. The second kappa shape index (κ2) is 7.89. The summed E-state index contributed by atoms with van der Waals surface area (Å²) in [6, 6.07) is 6.46. The van der Waals surface area contributed by atoms with Crippen molar-refractivity contribution in [1.29, 1.82) is 0 Å². The van der Waals surface area contributed by atoms with E-state index in [9.17, 15) is 22.4 Å². The highest BCUT2D eigenvalue weighted by atomic mass is 35.5. The summed E-state index contributed by atoms with van der Waals surface area (Å²) < 4.78 is 60.5. The first-order valence-corrected chi connectivity index (χ1v) is 8.21. The van der Waals surface area contributed by atoms with Crippen molar-refractivity contribution in [2.45, 2.75) is 13.7 Å². The van der Waals surface area contributed by atoms with Gasteiger partial charge in [-0.3, -0.25) is 4.79 Å². The minimum atomic E-state index is -1.72. The van der Waals surface area contributed by atoms with Gasteiger partial charge in [-0.15, -0.1) is 0 Å². The normalized spacial score (nSPS) is 10.8. The molecule has 0 unspecified atom stereocenters. The smallest absolute Gasteiger partial charge is 0.276 e. The first-order chi connectivity index (χ1) is 13.3. The predicted octanol–water partition coefficient (Wildman–Crippen LogP) is 4.69. The summed E-state index contributed by atoms with van der Waals surface area (Å²) in [6.07, 6.45) is 1.37. The van der Waals surface area contributed by atoms with E-state index >= 15 is 0 Å². The maximum absolute atomic E-state index is 13.6. The number of amides is 1. The molecule has 0 atom stereocenters. The van der Waals surface area contributed by atoms with Crippen LogP contribution in [0.25, 0.3) is 0 Å². The number of ether oxygens (including phenoxy) is 1. The van der Waals surface area contributed by atoms with Crippen LogP contribution in [0.4, 0.5) is 23.2 Å². The number of hydrogen-bond acceptors (Lipinski definition) is 3. The van der Waals surface area contributed by atoms with Gasteiger partial charge in [0.25, 0.3) is 5.91 Å². The van der Waals surface area contributed by atoms with Crippen LogP contribution in [0.15, 0.2) is 36.5 Å². The zero-order valence-corrected chi connectivity index (χ0v) is 15.0. The molecule has 0 fully saturated rings. The third kappa shape index (κ3) is 4.09. The number of halogens is 5. The Bertz CT molecular complexity index is 1030. The van der Waals surface area contributed by atoms with E-state index in [0.29, 0.717) is 10.8 Å². The van der Waals surface area contributed by atoms with Crippen LogP contribution in [0, 0.1) is 30.2 Å². The molecule has 0 bridgehead atoms. The fourth-order valence-corrected chi connectivity index (χ4v) is 2.44. The van der Waals surface area contributed by atoms with Crippen LogP contribution >= 0.6 is 11.6 Å². The SMILES string of the molecule is Cc1ccc(Cl)c(OCn2ccc(C(=O)Nc3c(F)c(F)cc(F)c3F)n2)c1. The van der Waals surface area contributed by atoms with Crippen LogP contribution in [0.3, 0.4) is 0 Å². The third-order valence-electron chi connectivity index (χ3n) is 3.66. The van der Waals surface area contributed by atoms with Gasteiger partial charge in [0.05, 0.1) is 5.02 Å². The molecule has 0 aliphatic carbocycles. The molecule has 2 aromatic carbocycles. The van der Waals surface area contributed by atoms with Crippen molar-refractivity contribution >= 4 is 23.2 Å². The summed E-state index contributed by atoms with van der Waals surface area (Å²) in [5, 5.41) is 6.04. The number of aromatic nitrogens is 2. The van der Waals surface area contributed by atoms with Crippen LogP contribution in [0.2, 0.25) is 5.02 Å². The summed E-state index contributed by atoms with van der Waals surface area (Å²) in [5.41, 5.74) is -0.562. The molecule has 28 heavy (non-hydrogen) atoms. The van der Waals surface area contributed by atoms with Crippen molar-refractivity contribution in [2.75, 3.05) is 5.32 Å². The number of anilines is 1. The van der Waals surface area contributed by atoms with E-state index < -0.39 is 34.9 Å². The topological polar surface area (TPSA) is 56.1 Å². The first kappa shape index (κ1) is 19.7. The van der Waals surface area contributed by atoms with Crippen molar-refractivity contribution in [3.8, 4) is 5.75 Å². The lowest BCUT2D eigenvalue weighted by Gasteiger charge is -2.09. The molecule has 1 heterocycles. The molecule has 0 aliphatic heterocycles. The van der Waals surface area contributed by atoms with E-state index in [1.807, 2.05) is 6.92 Å². The average Bonchev–Trinajstić information content (AvgIpc) is 3.13. The summed E-state index contributed by atoms with van der Waals surface area (Å²) in [7, 11) is 0. The minimum Gasteiger partial charge on any atom is -0.470 e. The van der Waals surface area contributed by atoms with E-state index in [2.05, 4.69) is 5.10 Å². The van der Waals surface area contributed by atoms with Gasteiger partial charge < -0.3 is 10.1 Å². The summed E-state index contributed by atoms with van der Waals surface area (Å²) >= 11 is 6.01. The van der Waals surface area contributed by atoms with Gasteiger partial charge in [0.2, 0.25) is 0 Å². The number of carbonyl (C=O) groups excluding carboxylic acids is 1. The van der Waals surface area contributed by atoms with Crippen LogP contribution in [-0.4, -0.2) is 15.7 Å². The monoisotopic (exact) mass is 413 g/mol. The van der Waals surface area contributed by atoms with E-state index in [-0.39, 0.29) is 18.5 Å². The Morgan fingerprint density at radius 2 is 1.82 bits per heavy atom. The van der Waals surface area contributed by atoms with Gasteiger partial charge in [0.15, 0.2) is 35.7 Å². The predicted molar refractivity (Wildman–Crippen MR) is 93.3 cm³/mol. The molecule has 3 rings (SSSR count). The molecule has 10 heteroatoms. The summed E-state index contributed by atoms with van der Waals surface area (Å²) in [4.78, 5) is 12.1. The number of nitrogens with zero attached hydrogens (tertiary/aromatic N) is 2. The molecular formula is C18H12ClF4N3O2. The molecule has 1 amide bonds. The number of rotatable bonds is 5. The van der Waals surface area contributed by atoms with Crippen LogP contribution in [0.1, 0.15) is 16.1 Å². The van der Waals surface area contributed by atoms with Gasteiger partial charge in [-0.05, 0) is 30.7 Å². The Kier molecular flexibility index (Phi) is 5.55. The number of carbonyl (C=O) groups is 1. The maximum Gasteiger partial charge on any atom is 0.276 e. The molecule has 1 N–H and O–H groups in total. The zero-order valence-electron chi connectivity index (χ0n) is 14.3. The van der Waals surface area contributed by atoms with Gasteiger partial charge >= 0.3 is 0 Å². The Balaban J connectivity index is 1.72. The molecule has 0 aliphatic rings. The van der Waals surface area contributed by atoms with Gasteiger partial charge in [-0.1, -0.05) is 17.7 Å². The van der Waals surface area contributed by atoms with Gasteiger partial charge in [0.1, 0.15) is 11.4 Å². The molecule has 3 aromatic rings. The zero-order chi connectivity index (χ0) is 20.4. The molecule has 0 saturated heterocycles. The number of nitrogens with one attached hydrogen (secondary N) is 1. The average molecular weight is 414 g/mol. The summed E-state index contributed by atoms with van der Waals surface area (Å²) in [6.45, 7) is 1.75. The standard InChI is InChI=1S/C18H12ClF4N3O2/c1-9-2-3-10(19)14(6-9)28-8-26-5-4-13(25-26)18(27)24-17-15(22)11(20)7-12(21)16(17)23/h2-7H,8H2,1H3,(H,24,27). The van der Waals surface area contributed by atoms with E-state index in [1.165, 1.54) is 16.9 Å². The number of hydrogen-bond donors (Lipinski definition) is 1. The summed E-state index contributed by atoms with van der Waals surface area (Å²) in [5.74, 6) is -7.36. The lowest BCUT2D eigenvalue weighted by molar-refractivity contribution is 0.101. The van der Waals surface area contributed by atoms with E-state index in [1.54, 1.807) is 23.5 Å². The quantitative estimate of drug-likeness (QED) is 0.487. The maximum atomic E-state index is 13.6. The van der Waals surface area contributed by atoms with Gasteiger partial charge in [-0.25, -0.2) is 22.2 Å². The van der Waals surface area contributed by atoms with Crippen molar-refractivity contribution in [1.82, 2.24) is 9.78 Å². The van der Waals surface area contributed by atoms with Crippen molar-refractivity contribution in [3.63, 3.8) is 0 Å². The molecular weight excluding hydrogens is 402 g/mol. The highest BCUT2D eigenvalue weighted by Gasteiger charge is 2.22. The number of benzene rings is 2. The van der Waals surface area contributed by atoms with E-state index in [4.69, 9.17) is 16.3 Å². The van der Waals surface area contributed by atoms with Crippen LogP contribution in [0.5, 0.6) is 5.75 Å². The van der Waals surface area contributed by atoms with Gasteiger partial charge in [0, 0.05) is 12.3 Å². The van der Waals surface area contributed by atoms with Crippen molar-refractivity contribution < 1.29 is 27.1 Å². The Morgan fingerprint density at radius 3 is 2.50 bits per heavy atom. The van der Waals surface area contributed by atoms with Gasteiger partial charge in [-0.2, -0.15) is 5.10 Å². The Labute approximate surface area is 161 Å². The first-order valence-electron chi connectivity index (χ1n) is 7.83. The highest BCUT2D eigenvalue weighted by molar-refractivity contribution is 6.32. The fourth-order valence-electron chi connectivity index (χ4n) is 2.27. The Hall–Kier alpha value is -3.07. The molecule has 146 valence electrons. The Morgan fingerprint density at radius 1 is 1.14 bits per heavy atom. The molecule has 0 saturated carbocycles. The van der Waals surface area contributed by atoms with Crippen LogP contribution < -0.4 is 10.1 Å². The lowest BCUT2D eigenvalue weighted by atomic mass is 10.2. The number of aryl methyl sites for hydroxylation is 1. The molecule has 0 radical (unpaired) electrons. The second-order valence-corrected chi connectivity index (χ2v) is 6.15. The largest absolute Gasteiger partial charge is 0.470 e. The van der Waals surface area contributed by atoms with Crippen molar-refractivity contribution in [3.05, 3.63) is 76.1 Å². The minimum absolute atomic E-state index is 0.0445. The molecule has 1 aromatic heterocycles. The van der Waals surface area contributed by atoms with E-state index in [0.717, 1.165) is 5.56 Å². The van der Waals surface area contributed by atoms with Crippen molar-refractivity contribution in [2.24, 2.45) is 0 Å². The molecule has 0 spiro atoms. The highest BCUT2D eigenvalue weighted by Crippen LogP contribution is 2.26. The second-order valence-electron chi connectivity index (χ2n) is 5.75. The third-order valence-corrected chi connectivity index (χ3v) is 3.97.